The van der Waals surface area contributed by atoms with Crippen molar-refractivity contribution in [2.75, 3.05) is 9.96 Å². The van der Waals surface area contributed by atoms with Gasteiger partial charge in [-0.3, -0.25) is 24.5 Å². The minimum Gasteiger partial charge on any atom is -0.478 e. The number of fused-ring (bicyclic) bond motifs is 1. The summed E-state index contributed by atoms with van der Waals surface area (Å²) >= 11 is 0. The smallest absolute Gasteiger partial charge is 0.335 e. The van der Waals surface area contributed by atoms with Crippen LogP contribution in [0.15, 0.2) is 78.9 Å². The first-order valence-electron chi connectivity index (χ1n) is 10.3. The number of nitrogens with zero attached hydrogens (tertiary/aromatic N) is 3. The summed E-state index contributed by atoms with van der Waals surface area (Å²) < 4.78 is 0. The Balaban J connectivity index is 1.55. The second-order valence-corrected chi connectivity index (χ2v) is 7.87. The number of carbonyl (C=O) groups is 3. The quantitative estimate of drug-likeness (QED) is 0.349. The van der Waals surface area contributed by atoms with Crippen LogP contribution < -0.4 is 9.96 Å². The number of nitro benzene ring substituents is 1. The number of carboxylic acid groups (broad SMARTS) is 1. The SMILES string of the molecule is O=C(O)c1ccc(N2C(=O)[C@@H]3[C@@H](ON(c4ccccc4)[C@H]3c3ccc([N+](=O)[O-])cc3)C2=O)cc1. The Hall–Kier alpha value is -4.57. The van der Waals surface area contributed by atoms with Crippen LogP contribution in [0.4, 0.5) is 17.1 Å². The molecule has 2 fully saturated rings. The van der Waals surface area contributed by atoms with Gasteiger partial charge in [0.15, 0.2) is 6.10 Å². The van der Waals surface area contributed by atoms with Crippen molar-refractivity contribution in [3.8, 4) is 0 Å². The zero-order chi connectivity index (χ0) is 24.0. The highest BCUT2D eigenvalue weighted by atomic mass is 16.7. The molecule has 0 unspecified atom stereocenters. The molecule has 1 N–H and O–H groups in total. The Morgan fingerprint density at radius 2 is 1.53 bits per heavy atom. The summed E-state index contributed by atoms with van der Waals surface area (Å²) in [6, 6.07) is 19.4. The zero-order valence-corrected chi connectivity index (χ0v) is 17.5. The summed E-state index contributed by atoms with van der Waals surface area (Å²) in [7, 11) is 0. The van der Waals surface area contributed by atoms with E-state index in [1.54, 1.807) is 36.4 Å². The normalized spacial score (nSPS) is 21.6. The molecule has 5 rings (SSSR count). The van der Waals surface area contributed by atoms with Gasteiger partial charge in [-0.2, -0.15) is 0 Å². The molecule has 0 aliphatic carbocycles. The van der Waals surface area contributed by atoms with Crippen molar-refractivity contribution in [1.82, 2.24) is 0 Å². The van der Waals surface area contributed by atoms with Crippen molar-refractivity contribution in [2.24, 2.45) is 5.92 Å². The third-order valence-corrected chi connectivity index (χ3v) is 5.94. The third kappa shape index (κ3) is 3.37. The molecule has 2 saturated heterocycles. The van der Waals surface area contributed by atoms with Crippen LogP contribution in [0.25, 0.3) is 0 Å². The maximum absolute atomic E-state index is 13.5. The molecule has 0 spiro atoms. The molecule has 10 heteroatoms. The number of rotatable bonds is 5. The van der Waals surface area contributed by atoms with Crippen molar-refractivity contribution in [2.45, 2.75) is 12.1 Å². The highest BCUT2D eigenvalue weighted by molar-refractivity contribution is 6.24. The second-order valence-electron chi connectivity index (χ2n) is 7.87. The van der Waals surface area contributed by atoms with Crippen LogP contribution in [-0.4, -0.2) is 33.9 Å². The zero-order valence-electron chi connectivity index (χ0n) is 17.5. The molecular weight excluding hydrogens is 442 g/mol. The Labute approximate surface area is 192 Å². The van der Waals surface area contributed by atoms with Crippen LogP contribution in [-0.2, 0) is 14.4 Å². The number of amides is 2. The van der Waals surface area contributed by atoms with Crippen molar-refractivity contribution < 1.29 is 29.3 Å². The van der Waals surface area contributed by atoms with Crippen molar-refractivity contribution in [1.29, 1.82) is 0 Å². The Morgan fingerprint density at radius 3 is 2.12 bits per heavy atom. The number of imide groups is 1. The van der Waals surface area contributed by atoms with Gasteiger partial charge in [-0.1, -0.05) is 30.3 Å². The molecule has 0 bridgehead atoms. The van der Waals surface area contributed by atoms with Gasteiger partial charge in [-0.15, -0.1) is 0 Å². The number of carboxylic acids is 1. The van der Waals surface area contributed by atoms with E-state index in [1.165, 1.54) is 41.5 Å². The van der Waals surface area contributed by atoms with Crippen LogP contribution in [0.1, 0.15) is 22.0 Å². The van der Waals surface area contributed by atoms with Gasteiger partial charge in [-0.05, 0) is 42.0 Å². The molecule has 170 valence electrons. The molecule has 34 heavy (non-hydrogen) atoms. The van der Waals surface area contributed by atoms with Gasteiger partial charge in [0.25, 0.3) is 11.6 Å². The Bertz CT molecular complexity index is 1290. The van der Waals surface area contributed by atoms with Gasteiger partial charge in [0.1, 0.15) is 5.92 Å². The van der Waals surface area contributed by atoms with Gasteiger partial charge < -0.3 is 5.11 Å². The fourth-order valence-corrected chi connectivity index (χ4v) is 4.35. The van der Waals surface area contributed by atoms with Gasteiger partial charge in [-0.25, -0.2) is 14.8 Å². The highest BCUT2D eigenvalue weighted by Crippen LogP contribution is 2.47. The third-order valence-electron chi connectivity index (χ3n) is 5.94. The second kappa shape index (κ2) is 8.09. The molecule has 2 aliphatic rings. The Kier molecular flexibility index (Phi) is 5.06. The molecule has 2 amide bonds. The molecule has 3 aromatic carbocycles. The molecule has 0 aromatic heterocycles. The number of aromatic carboxylic acids is 1. The lowest BCUT2D eigenvalue weighted by atomic mass is 9.90. The molecule has 0 saturated carbocycles. The number of hydrogen-bond acceptors (Lipinski definition) is 7. The predicted octanol–water partition coefficient (Wildman–Crippen LogP) is 3.34. The van der Waals surface area contributed by atoms with Crippen molar-refractivity contribution >= 4 is 34.8 Å². The van der Waals surface area contributed by atoms with Crippen molar-refractivity contribution in [3.63, 3.8) is 0 Å². The number of benzene rings is 3. The van der Waals surface area contributed by atoms with Gasteiger partial charge >= 0.3 is 5.97 Å². The topological polar surface area (TPSA) is 130 Å². The standard InChI is InChI=1S/C24H17N3O7/c28-22-19-20(14-6-12-18(13-7-14)27(32)33)26(17-4-2-1-3-5-17)34-21(19)23(29)25(22)16-10-8-15(9-11-16)24(30)31/h1-13,19-21H,(H,30,31)/t19-,20-,21+/m0/s1. The summed E-state index contributed by atoms with van der Waals surface area (Å²) in [6.45, 7) is 0. The van der Waals surface area contributed by atoms with E-state index in [1.807, 2.05) is 6.07 Å². The van der Waals surface area contributed by atoms with E-state index in [4.69, 9.17) is 9.94 Å². The summed E-state index contributed by atoms with van der Waals surface area (Å²) in [5, 5.41) is 21.7. The Morgan fingerprint density at radius 1 is 0.882 bits per heavy atom. The van der Waals surface area contributed by atoms with E-state index < -0.39 is 40.8 Å². The summed E-state index contributed by atoms with van der Waals surface area (Å²) in [5.74, 6) is -3.10. The molecule has 2 aliphatic heterocycles. The summed E-state index contributed by atoms with van der Waals surface area (Å²) in [4.78, 5) is 55.5. The largest absolute Gasteiger partial charge is 0.478 e. The number of nitro groups is 1. The first-order chi connectivity index (χ1) is 16.4. The molecular formula is C24H17N3O7. The number of hydroxylamine groups is 1. The maximum atomic E-state index is 13.5. The number of non-ortho nitro benzene ring substituents is 1. The van der Waals surface area contributed by atoms with E-state index >= 15 is 0 Å². The summed E-state index contributed by atoms with van der Waals surface area (Å²) in [6.07, 6.45) is -1.10. The lowest BCUT2D eigenvalue weighted by Crippen LogP contribution is -2.37. The predicted molar refractivity (Wildman–Crippen MR) is 119 cm³/mol. The average Bonchev–Trinajstić information content (AvgIpc) is 3.35. The van der Waals surface area contributed by atoms with Crippen molar-refractivity contribution in [3.05, 3.63) is 100 Å². The number of hydrogen-bond donors (Lipinski definition) is 1. The van der Waals surface area contributed by atoms with Crippen LogP contribution in [0, 0.1) is 16.0 Å². The minimum atomic E-state index is -1.12. The molecule has 0 radical (unpaired) electrons. The fraction of sp³-hybridized carbons (Fsp3) is 0.125. The van der Waals surface area contributed by atoms with E-state index in [0.29, 0.717) is 11.3 Å². The van der Waals surface area contributed by atoms with Gasteiger partial charge in [0.2, 0.25) is 5.91 Å². The van der Waals surface area contributed by atoms with Gasteiger partial charge in [0.05, 0.1) is 27.9 Å². The fourth-order valence-electron chi connectivity index (χ4n) is 4.35. The van der Waals surface area contributed by atoms with Crippen LogP contribution in [0.2, 0.25) is 0 Å². The number of carbonyl (C=O) groups excluding carboxylic acids is 2. The highest BCUT2D eigenvalue weighted by Gasteiger charge is 2.60. The van der Waals surface area contributed by atoms with E-state index in [0.717, 1.165) is 4.90 Å². The minimum absolute atomic E-state index is 0.0262. The first kappa shape index (κ1) is 21.3. The number of para-hydroxylation sites is 1. The molecule has 3 aromatic rings. The maximum Gasteiger partial charge on any atom is 0.335 e. The molecule has 10 nitrogen and oxygen atoms in total. The number of anilines is 2. The van der Waals surface area contributed by atoms with E-state index in [-0.39, 0.29) is 16.9 Å². The lowest BCUT2D eigenvalue weighted by Gasteiger charge is -2.28. The summed E-state index contributed by atoms with van der Waals surface area (Å²) in [5.41, 5.74) is 1.37. The van der Waals surface area contributed by atoms with Gasteiger partial charge in [0, 0.05) is 12.1 Å². The average molecular weight is 459 g/mol. The van der Waals surface area contributed by atoms with Crippen LogP contribution in [0.5, 0.6) is 0 Å². The van der Waals surface area contributed by atoms with E-state index in [2.05, 4.69) is 0 Å². The first-order valence-corrected chi connectivity index (χ1v) is 10.3. The van der Waals surface area contributed by atoms with Crippen LogP contribution >= 0.6 is 0 Å². The lowest BCUT2D eigenvalue weighted by molar-refractivity contribution is -0.384. The monoisotopic (exact) mass is 459 g/mol. The molecule has 3 atom stereocenters. The van der Waals surface area contributed by atoms with Crippen LogP contribution in [0.3, 0.4) is 0 Å². The molecule has 2 heterocycles. The van der Waals surface area contributed by atoms with E-state index in [9.17, 15) is 24.5 Å².